The Kier molecular flexibility index (Phi) is 0.911. The Morgan fingerprint density at radius 3 is 2.14 bits per heavy atom. The molecule has 0 heteroatoms. The van der Waals surface area contributed by atoms with Gasteiger partial charge < -0.3 is 0 Å². The van der Waals surface area contributed by atoms with Crippen LogP contribution in [0.5, 0.6) is 0 Å². The van der Waals surface area contributed by atoms with E-state index in [1.165, 1.54) is 12.8 Å². The topological polar surface area (TPSA) is 0 Å². The molecule has 1 fully saturated rings. The molecule has 0 unspecified atom stereocenters. The van der Waals surface area contributed by atoms with Gasteiger partial charge in [-0.05, 0) is 17.8 Å². The van der Waals surface area contributed by atoms with Crippen LogP contribution in [0, 0.1) is 11.3 Å². The van der Waals surface area contributed by atoms with Crippen LogP contribution < -0.4 is 0 Å². The Bertz CT molecular complexity index is 72.1. The first-order chi connectivity index (χ1) is 3.19. The van der Waals surface area contributed by atoms with Gasteiger partial charge in [0.15, 0.2) is 0 Å². The molecule has 2 atom stereocenters. The average Bonchev–Trinajstić information content (AvgIpc) is 2.18. The second-order valence-electron chi connectivity index (χ2n) is 3.11. The molecule has 1 aliphatic rings. The van der Waals surface area contributed by atoms with Gasteiger partial charge in [-0.3, -0.25) is 0 Å². The van der Waals surface area contributed by atoms with Gasteiger partial charge in [-0.15, -0.1) is 0 Å². The summed E-state index contributed by atoms with van der Waals surface area (Å²) in [4.78, 5) is 0. The Labute approximate surface area is 45.9 Å². The highest BCUT2D eigenvalue weighted by Gasteiger charge is 2.44. The molecule has 1 saturated carbocycles. The molecule has 0 aromatic heterocycles. The smallest absolute Gasteiger partial charge is 0.0300 e. The van der Waals surface area contributed by atoms with Crippen LogP contribution in [-0.2, 0) is 0 Å². The van der Waals surface area contributed by atoms with Crippen molar-refractivity contribution in [3.63, 3.8) is 0 Å². The summed E-state index contributed by atoms with van der Waals surface area (Å²) in [5, 5.41) is 0. The monoisotopic (exact) mass is 98.1 g/mol. The van der Waals surface area contributed by atoms with Gasteiger partial charge in [-0.25, -0.2) is 0 Å². The van der Waals surface area contributed by atoms with E-state index in [4.69, 9.17) is 0 Å². The molecule has 0 heterocycles. The third-order valence-corrected chi connectivity index (χ3v) is 2.61. The van der Waals surface area contributed by atoms with Crippen LogP contribution in [-0.4, -0.2) is 0 Å². The minimum Gasteiger partial charge on any atom is -0.0649 e. The summed E-state index contributed by atoms with van der Waals surface area (Å²) in [5.74, 6) is 1.01. The zero-order valence-corrected chi connectivity index (χ0v) is 5.49. The molecule has 0 spiro atoms. The minimum absolute atomic E-state index is 0.750. The molecular formula is C7H14. The molecule has 42 valence electrons. The van der Waals surface area contributed by atoms with Crippen LogP contribution in [0.3, 0.4) is 0 Å². The number of hydrogen-bond acceptors (Lipinski definition) is 0. The first-order valence-corrected chi connectivity index (χ1v) is 3.19. The molecule has 0 N–H and O–H groups in total. The summed E-state index contributed by atoms with van der Waals surface area (Å²) >= 11 is 0. The van der Waals surface area contributed by atoms with E-state index in [2.05, 4.69) is 20.8 Å². The second-order valence-corrected chi connectivity index (χ2v) is 3.11. The van der Waals surface area contributed by atoms with E-state index in [0.29, 0.717) is 0 Å². The maximum absolute atomic E-state index is 2.37. The van der Waals surface area contributed by atoms with Crippen LogP contribution in [0.15, 0.2) is 0 Å². The van der Waals surface area contributed by atoms with E-state index in [1.807, 2.05) is 0 Å². The molecular weight excluding hydrogens is 84.1 g/mol. The normalized spacial score (nSPS) is 49.3. The lowest BCUT2D eigenvalue weighted by molar-refractivity contribution is 0.502. The van der Waals surface area contributed by atoms with Crippen LogP contribution in [0.1, 0.15) is 33.6 Å². The van der Waals surface area contributed by atoms with Crippen molar-refractivity contribution < 1.29 is 0 Å². The molecule has 7 heavy (non-hydrogen) atoms. The summed E-state index contributed by atoms with van der Waals surface area (Å²) in [6.07, 6.45) is 2.83. The summed E-state index contributed by atoms with van der Waals surface area (Å²) < 4.78 is 0. The van der Waals surface area contributed by atoms with Crippen molar-refractivity contribution in [2.75, 3.05) is 0 Å². The van der Waals surface area contributed by atoms with E-state index in [0.717, 1.165) is 11.3 Å². The van der Waals surface area contributed by atoms with Gasteiger partial charge in [-0.2, -0.15) is 0 Å². The van der Waals surface area contributed by atoms with E-state index in [1.54, 1.807) is 0 Å². The molecule has 0 aromatic carbocycles. The average molecular weight is 98.2 g/mol. The van der Waals surface area contributed by atoms with Crippen molar-refractivity contribution in [3.8, 4) is 0 Å². The Hall–Kier alpha value is 0. The summed E-state index contributed by atoms with van der Waals surface area (Å²) in [6.45, 7) is 6.99. The van der Waals surface area contributed by atoms with Crippen molar-refractivity contribution in [3.05, 3.63) is 0 Å². The summed E-state index contributed by atoms with van der Waals surface area (Å²) in [6, 6.07) is 0. The predicted octanol–water partition coefficient (Wildman–Crippen LogP) is 2.44. The molecule has 0 bridgehead atoms. The van der Waals surface area contributed by atoms with Gasteiger partial charge in [0.1, 0.15) is 0 Å². The lowest BCUT2D eigenvalue weighted by atomic mass is 10.0. The molecule has 0 radical (unpaired) electrons. The van der Waals surface area contributed by atoms with Gasteiger partial charge in [-0.1, -0.05) is 27.2 Å². The maximum Gasteiger partial charge on any atom is -0.0300 e. The molecule has 0 nitrogen and oxygen atoms in total. The summed E-state index contributed by atoms with van der Waals surface area (Å²) in [5.41, 5.74) is 0.750. The zero-order valence-electron chi connectivity index (χ0n) is 5.49. The lowest BCUT2D eigenvalue weighted by Gasteiger charge is -2.00. The zero-order chi connectivity index (χ0) is 5.49. The van der Waals surface area contributed by atoms with E-state index in [-0.39, 0.29) is 0 Å². The lowest BCUT2D eigenvalue weighted by Crippen LogP contribution is -1.90. The van der Waals surface area contributed by atoms with Crippen LogP contribution in [0.25, 0.3) is 0 Å². The fraction of sp³-hybridized carbons (Fsp3) is 1.00. The molecule has 0 saturated heterocycles. The van der Waals surface area contributed by atoms with Crippen LogP contribution in [0.2, 0.25) is 0 Å². The largest absolute Gasteiger partial charge is 0.0649 e. The minimum atomic E-state index is 0.750. The van der Waals surface area contributed by atoms with E-state index < -0.39 is 0 Å². The van der Waals surface area contributed by atoms with Crippen LogP contribution >= 0.6 is 0 Å². The van der Waals surface area contributed by atoms with Gasteiger partial charge in [0.05, 0.1) is 0 Å². The highest BCUT2D eigenvalue weighted by Crippen LogP contribution is 2.53. The first-order valence-electron chi connectivity index (χ1n) is 3.19. The van der Waals surface area contributed by atoms with E-state index in [9.17, 15) is 0 Å². The fourth-order valence-corrected chi connectivity index (χ4v) is 1.13. The fourth-order valence-electron chi connectivity index (χ4n) is 1.13. The van der Waals surface area contributed by atoms with Crippen molar-refractivity contribution in [1.82, 2.24) is 0 Å². The molecule has 1 rings (SSSR count). The van der Waals surface area contributed by atoms with Gasteiger partial charge in [0.2, 0.25) is 0 Å². The SMILES string of the molecule is CC[C@@]1(C)C[C@H]1C. The Morgan fingerprint density at radius 2 is 2.14 bits per heavy atom. The second kappa shape index (κ2) is 1.24. The van der Waals surface area contributed by atoms with Gasteiger partial charge >= 0.3 is 0 Å². The number of rotatable bonds is 1. The third kappa shape index (κ3) is 0.667. The van der Waals surface area contributed by atoms with Crippen molar-refractivity contribution in [2.45, 2.75) is 33.6 Å². The Morgan fingerprint density at radius 1 is 1.71 bits per heavy atom. The van der Waals surface area contributed by atoms with Crippen molar-refractivity contribution >= 4 is 0 Å². The molecule has 1 aliphatic carbocycles. The summed E-state index contributed by atoms with van der Waals surface area (Å²) in [7, 11) is 0. The highest BCUT2D eigenvalue weighted by atomic mass is 14.5. The molecule has 0 amide bonds. The molecule has 0 aromatic rings. The van der Waals surface area contributed by atoms with Gasteiger partial charge in [0, 0.05) is 0 Å². The quantitative estimate of drug-likeness (QED) is 0.472. The first kappa shape index (κ1) is 5.14. The third-order valence-electron chi connectivity index (χ3n) is 2.61. The van der Waals surface area contributed by atoms with E-state index >= 15 is 0 Å². The predicted molar refractivity (Wildman–Crippen MR) is 32.2 cm³/mol. The maximum atomic E-state index is 2.37. The molecule has 0 aliphatic heterocycles. The van der Waals surface area contributed by atoms with Crippen molar-refractivity contribution in [1.29, 1.82) is 0 Å². The number of hydrogen-bond donors (Lipinski definition) is 0. The van der Waals surface area contributed by atoms with Gasteiger partial charge in [0.25, 0.3) is 0 Å². The highest BCUT2D eigenvalue weighted by molar-refractivity contribution is 4.94. The van der Waals surface area contributed by atoms with Crippen molar-refractivity contribution in [2.24, 2.45) is 11.3 Å². The Balaban J connectivity index is 2.36. The standard InChI is InChI=1S/C7H14/c1-4-7(3)5-6(7)2/h6H,4-5H2,1-3H3/t6-,7+/m1/s1. The van der Waals surface area contributed by atoms with Crippen LogP contribution in [0.4, 0.5) is 0 Å².